The summed E-state index contributed by atoms with van der Waals surface area (Å²) in [6.45, 7) is 29.1. The van der Waals surface area contributed by atoms with Gasteiger partial charge in [-0.15, -0.1) is 0 Å². The summed E-state index contributed by atoms with van der Waals surface area (Å²) in [5, 5.41) is 0. The van der Waals surface area contributed by atoms with Gasteiger partial charge < -0.3 is 0 Å². The minimum absolute atomic E-state index is 0.599. The van der Waals surface area contributed by atoms with Crippen LogP contribution < -0.4 is 0 Å². The summed E-state index contributed by atoms with van der Waals surface area (Å²) in [5.74, 6) is 2.71. The van der Waals surface area contributed by atoms with E-state index in [4.69, 9.17) is 0 Å². The van der Waals surface area contributed by atoms with Gasteiger partial charge in [0.1, 0.15) is 0 Å². The third-order valence-electron chi connectivity index (χ3n) is 6.00. The van der Waals surface area contributed by atoms with E-state index < -0.39 is 0 Å². The van der Waals surface area contributed by atoms with Gasteiger partial charge in [0, 0.05) is 36.3 Å². The lowest BCUT2D eigenvalue weighted by molar-refractivity contribution is -0.141. The van der Waals surface area contributed by atoms with Crippen LogP contribution in [0.3, 0.4) is 0 Å². The van der Waals surface area contributed by atoms with E-state index in [1.165, 1.54) is 0 Å². The molecule has 0 amide bonds. The van der Waals surface area contributed by atoms with Crippen LogP contribution in [-0.2, 0) is 0 Å². The van der Waals surface area contributed by atoms with Crippen LogP contribution in [0, 0.1) is 23.7 Å². The average molecular weight is 339 g/mol. The van der Waals surface area contributed by atoms with Crippen LogP contribution >= 0.6 is 0 Å². The second kappa shape index (κ2) is 8.54. The minimum Gasteiger partial charge on any atom is -0.291 e. The lowest BCUT2D eigenvalue weighted by atomic mass is 9.74. The Labute approximate surface area is 153 Å². The minimum atomic E-state index is 0.599. The van der Waals surface area contributed by atoms with Crippen molar-refractivity contribution >= 4 is 0 Å². The molecule has 1 saturated heterocycles. The zero-order valence-corrected chi connectivity index (χ0v) is 18.7. The average Bonchev–Trinajstić information content (AvgIpc) is 2.42. The predicted molar refractivity (Wildman–Crippen MR) is 108 cm³/mol. The Bertz CT molecular complexity index is 265. The molecule has 0 spiro atoms. The molecule has 0 bridgehead atoms. The molecule has 0 aromatic carbocycles. The molecule has 1 aliphatic heterocycles. The summed E-state index contributed by atoms with van der Waals surface area (Å²) in [6, 6.07) is 3.73. The normalized spacial score (nSPS) is 30.8. The molecule has 0 saturated carbocycles. The first-order valence-electron chi connectivity index (χ1n) is 10.5. The molecule has 1 rings (SSSR count). The third-order valence-corrected chi connectivity index (χ3v) is 6.00. The van der Waals surface area contributed by atoms with Crippen molar-refractivity contribution in [1.29, 1.82) is 0 Å². The van der Waals surface area contributed by atoms with Gasteiger partial charge in [0.2, 0.25) is 0 Å². The Morgan fingerprint density at radius 2 is 0.542 bits per heavy atom. The molecule has 2 nitrogen and oxygen atoms in total. The number of rotatable bonds is 6. The second-order valence-electron chi connectivity index (χ2n) is 10.0. The largest absolute Gasteiger partial charge is 0.291 e. The van der Waals surface area contributed by atoms with Gasteiger partial charge in [0.05, 0.1) is 0 Å². The van der Waals surface area contributed by atoms with Crippen molar-refractivity contribution in [2.24, 2.45) is 23.7 Å². The van der Waals surface area contributed by atoms with Crippen molar-refractivity contribution < 1.29 is 0 Å². The summed E-state index contributed by atoms with van der Waals surface area (Å²) < 4.78 is 0. The molecule has 0 aliphatic carbocycles. The van der Waals surface area contributed by atoms with Crippen molar-refractivity contribution in [1.82, 2.24) is 9.80 Å². The maximum Gasteiger partial charge on any atom is 0.0283 e. The molecule has 4 atom stereocenters. The summed E-state index contributed by atoms with van der Waals surface area (Å²) in [4.78, 5) is 5.81. The molecule has 1 fully saturated rings. The fraction of sp³-hybridized carbons (Fsp3) is 1.00. The van der Waals surface area contributed by atoms with Gasteiger partial charge in [-0.3, -0.25) is 9.80 Å². The van der Waals surface area contributed by atoms with Crippen LogP contribution in [0.15, 0.2) is 0 Å². The highest BCUT2D eigenvalue weighted by Crippen LogP contribution is 2.41. The molecule has 2 heteroatoms. The second-order valence-corrected chi connectivity index (χ2v) is 10.0. The first-order chi connectivity index (χ1) is 10.9. The maximum absolute atomic E-state index is 2.91. The van der Waals surface area contributed by atoms with E-state index in [1.54, 1.807) is 0 Å². The fourth-order valence-electron chi connectivity index (χ4n) is 5.43. The zero-order chi connectivity index (χ0) is 18.9. The van der Waals surface area contributed by atoms with Gasteiger partial charge >= 0.3 is 0 Å². The molecular formula is C22H46N2. The van der Waals surface area contributed by atoms with Crippen LogP contribution in [-0.4, -0.2) is 46.1 Å². The molecule has 4 unspecified atom stereocenters. The monoisotopic (exact) mass is 338 g/mol. The molecule has 0 radical (unpaired) electrons. The Hall–Kier alpha value is -0.0800. The van der Waals surface area contributed by atoms with E-state index in [1.807, 2.05) is 0 Å². The van der Waals surface area contributed by atoms with Crippen LogP contribution in [0.25, 0.3) is 0 Å². The molecule has 0 N–H and O–H groups in total. The van der Waals surface area contributed by atoms with E-state index in [2.05, 4.69) is 92.9 Å². The standard InChI is InChI=1S/C22H46N2/c1-13(2)19-20(14(3)4)24(18(11)12)22(16(7)8)21(15(5)6)23(19)17(9)10/h13-22H,1-12H3. The topological polar surface area (TPSA) is 6.48 Å². The van der Waals surface area contributed by atoms with Crippen molar-refractivity contribution in [2.75, 3.05) is 0 Å². The Kier molecular flexibility index (Phi) is 7.81. The van der Waals surface area contributed by atoms with Gasteiger partial charge in [-0.1, -0.05) is 55.4 Å². The molecule has 1 heterocycles. The molecule has 1 aliphatic rings. The molecule has 0 aromatic heterocycles. The van der Waals surface area contributed by atoms with Gasteiger partial charge in [-0.2, -0.15) is 0 Å². The van der Waals surface area contributed by atoms with E-state index in [0.717, 1.165) is 0 Å². The summed E-state index contributed by atoms with van der Waals surface area (Å²) in [6.07, 6.45) is 0. The molecule has 144 valence electrons. The summed E-state index contributed by atoms with van der Waals surface area (Å²) >= 11 is 0. The Morgan fingerprint density at radius 1 is 0.375 bits per heavy atom. The molecule has 0 aromatic rings. The maximum atomic E-state index is 2.91. The summed E-state index contributed by atoms with van der Waals surface area (Å²) in [5.41, 5.74) is 0. The van der Waals surface area contributed by atoms with E-state index in [-0.39, 0.29) is 0 Å². The van der Waals surface area contributed by atoms with Crippen LogP contribution in [0.4, 0.5) is 0 Å². The third kappa shape index (κ3) is 4.18. The number of piperazine rings is 1. The van der Waals surface area contributed by atoms with Gasteiger partial charge in [-0.25, -0.2) is 0 Å². The number of nitrogens with zero attached hydrogens (tertiary/aromatic N) is 2. The lowest BCUT2D eigenvalue weighted by Crippen LogP contribution is -2.75. The first kappa shape index (κ1) is 22.0. The first-order valence-corrected chi connectivity index (χ1v) is 10.5. The quantitative estimate of drug-likeness (QED) is 0.629. The van der Waals surface area contributed by atoms with Gasteiger partial charge in [-0.05, 0) is 51.4 Å². The fourth-order valence-corrected chi connectivity index (χ4v) is 5.43. The van der Waals surface area contributed by atoms with Gasteiger partial charge in [0.25, 0.3) is 0 Å². The van der Waals surface area contributed by atoms with Crippen molar-refractivity contribution in [3.05, 3.63) is 0 Å². The van der Waals surface area contributed by atoms with E-state index in [0.29, 0.717) is 59.9 Å². The number of hydrogen-bond donors (Lipinski definition) is 0. The number of hydrogen-bond acceptors (Lipinski definition) is 2. The van der Waals surface area contributed by atoms with E-state index >= 15 is 0 Å². The van der Waals surface area contributed by atoms with Crippen molar-refractivity contribution in [3.8, 4) is 0 Å². The Morgan fingerprint density at radius 3 is 0.625 bits per heavy atom. The zero-order valence-electron chi connectivity index (χ0n) is 18.7. The van der Waals surface area contributed by atoms with Crippen LogP contribution in [0.2, 0.25) is 0 Å². The summed E-state index contributed by atoms with van der Waals surface area (Å²) in [7, 11) is 0. The van der Waals surface area contributed by atoms with Crippen molar-refractivity contribution in [2.45, 2.75) is 119 Å². The SMILES string of the molecule is CC(C)C1C(C(C)C)N(C(C)C)C(C(C)C)C(C(C)C)N1C(C)C. The highest BCUT2D eigenvalue weighted by molar-refractivity contribution is 5.07. The van der Waals surface area contributed by atoms with Crippen molar-refractivity contribution in [3.63, 3.8) is 0 Å². The Balaban J connectivity index is 3.58. The van der Waals surface area contributed by atoms with Crippen LogP contribution in [0.5, 0.6) is 0 Å². The highest BCUT2D eigenvalue weighted by Gasteiger charge is 2.52. The highest BCUT2D eigenvalue weighted by atomic mass is 15.4. The molecule has 24 heavy (non-hydrogen) atoms. The smallest absolute Gasteiger partial charge is 0.0283 e. The van der Waals surface area contributed by atoms with Crippen LogP contribution in [0.1, 0.15) is 83.1 Å². The molecular weight excluding hydrogens is 292 g/mol. The van der Waals surface area contributed by atoms with E-state index in [9.17, 15) is 0 Å². The van der Waals surface area contributed by atoms with Gasteiger partial charge in [0.15, 0.2) is 0 Å². The predicted octanol–water partition coefficient (Wildman–Crippen LogP) is 5.52. The lowest BCUT2D eigenvalue weighted by Gasteiger charge is -2.63.